The lowest BCUT2D eigenvalue weighted by molar-refractivity contribution is -0.135. The molecule has 2 unspecified atom stereocenters. The Kier molecular flexibility index (Phi) is 5.91. The van der Waals surface area contributed by atoms with E-state index in [1.807, 2.05) is 6.92 Å². The van der Waals surface area contributed by atoms with Crippen LogP contribution in [0.15, 0.2) is 18.2 Å². The first-order valence-corrected chi connectivity index (χ1v) is 7.92. The molecule has 2 atom stereocenters. The number of halogens is 1. The summed E-state index contributed by atoms with van der Waals surface area (Å²) in [6.07, 6.45) is 0.804. The Morgan fingerprint density at radius 1 is 1.55 bits per heavy atom. The van der Waals surface area contributed by atoms with Gasteiger partial charge in [0.25, 0.3) is 0 Å². The van der Waals surface area contributed by atoms with Crippen LogP contribution in [0.1, 0.15) is 19.8 Å². The zero-order chi connectivity index (χ0) is 16.1. The SMILES string of the molecule is COc1ccc(Cl)cc1NCCC(=O)N1CCC(C)C(O)C1. The van der Waals surface area contributed by atoms with Gasteiger partial charge in [0, 0.05) is 31.1 Å². The number of hydrogen-bond acceptors (Lipinski definition) is 4. The summed E-state index contributed by atoms with van der Waals surface area (Å²) in [4.78, 5) is 13.9. The van der Waals surface area contributed by atoms with E-state index in [4.69, 9.17) is 16.3 Å². The molecule has 0 spiro atoms. The van der Waals surface area contributed by atoms with Gasteiger partial charge in [0.15, 0.2) is 0 Å². The summed E-state index contributed by atoms with van der Waals surface area (Å²) in [6, 6.07) is 5.32. The van der Waals surface area contributed by atoms with E-state index in [1.54, 1.807) is 30.2 Å². The van der Waals surface area contributed by atoms with Crippen molar-refractivity contribution in [3.8, 4) is 5.75 Å². The van der Waals surface area contributed by atoms with Crippen molar-refractivity contribution in [2.45, 2.75) is 25.9 Å². The van der Waals surface area contributed by atoms with Crippen LogP contribution in [0.25, 0.3) is 0 Å². The van der Waals surface area contributed by atoms with E-state index in [1.165, 1.54) is 0 Å². The van der Waals surface area contributed by atoms with Gasteiger partial charge < -0.3 is 20.1 Å². The van der Waals surface area contributed by atoms with Gasteiger partial charge in [-0.15, -0.1) is 0 Å². The largest absolute Gasteiger partial charge is 0.495 e. The highest BCUT2D eigenvalue weighted by Crippen LogP contribution is 2.27. The minimum atomic E-state index is -0.418. The van der Waals surface area contributed by atoms with Gasteiger partial charge in [0.2, 0.25) is 5.91 Å². The zero-order valence-corrected chi connectivity index (χ0v) is 13.8. The minimum absolute atomic E-state index is 0.0550. The standard InChI is InChI=1S/C16H23ClN2O3/c1-11-6-8-19(10-14(11)20)16(21)5-7-18-13-9-12(17)3-4-15(13)22-2/h3-4,9,11,14,18,20H,5-8,10H2,1-2H3. The van der Waals surface area contributed by atoms with Gasteiger partial charge in [-0.3, -0.25) is 4.79 Å². The number of benzene rings is 1. The van der Waals surface area contributed by atoms with Gasteiger partial charge in [-0.2, -0.15) is 0 Å². The third-order valence-corrected chi connectivity index (χ3v) is 4.32. The summed E-state index contributed by atoms with van der Waals surface area (Å²) >= 11 is 5.97. The molecule has 6 heteroatoms. The predicted octanol–water partition coefficient (Wildman–Crippen LogP) is 2.38. The number of hydrogen-bond donors (Lipinski definition) is 2. The number of anilines is 1. The van der Waals surface area contributed by atoms with E-state index < -0.39 is 6.10 Å². The van der Waals surface area contributed by atoms with E-state index in [-0.39, 0.29) is 11.8 Å². The number of β-amino-alcohol motifs (C(OH)–C–C–N with tert-alkyl or cyclic N) is 1. The number of amides is 1. The van der Waals surface area contributed by atoms with Gasteiger partial charge >= 0.3 is 0 Å². The van der Waals surface area contributed by atoms with Gasteiger partial charge in [0.05, 0.1) is 18.9 Å². The van der Waals surface area contributed by atoms with Crippen molar-refractivity contribution in [1.29, 1.82) is 0 Å². The molecule has 1 fully saturated rings. The summed E-state index contributed by atoms with van der Waals surface area (Å²) < 4.78 is 5.25. The second-order valence-electron chi connectivity index (χ2n) is 5.69. The number of ether oxygens (including phenoxy) is 1. The molecule has 22 heavy (non-hydrogen) atoms. The number of rotatable bonds is 5. The van der Waals surface area contributed by atoms with Gasteiger partial charge in [-0.25, -0.2) is 0 Å². The maximum absolute atomic E-state index is 12.2. The van der Waals surface area contributed by atoms with Crippen molar-refractivity contribution < 1.29 is 14.6 Å². The Labute approximate surface area is 136 Å². The predicted molar refractivity (Wildman–Crippen MR) is 87.5 cm³/mol. The molecule has 1 heterocycles. The van der Waals surface area contributed by atoms with Gasteiger partial charge in [-0.05, 0) is 30.5 Å². The van der Waals surface area contributed by atoms with Crippen molar-refractivity contribution in [3.05, 3.63) is 23.2 Å². The average molecular weight is 327 g/mol. The Morgan fingerprint density at radius 2 is 2.32 bits per heavy atom. The van der Waals surface area contributed by atoms with E-state index in [0.29, 0.717) is 30.3 Å². The summed E-state index contributed by atoms with van der Waals surface area (Å²) in [5, 5.41) is 13.6. The first kappa shape index (κ1) is 16.9. The molecule has 1 amide bonds. The molecule has 1 saturated heterocycles. The fourth-order valence-corrected chi connectivity index (χ4v) is 2.73. The first-order valence-electron chi connectivity index (χ1n) is 7.54. The number of methoxy groups -OCH3 is 1. The molecular formula is C16H23ClN2O3. The monoisotopic (exact) mass is 326 g/mol. The van der Waals surface area contributed by atoms with Gasteiger partial charge in [-0.1, -0.05) is 18.5 Å². The van der Waals surface area contributed by atoms with E-state index >= 15 is 0 Å². The molecule has 0 aliphatic carbocycles. The van der Waals surface area contributed by atoms with Crippen LogP contribution >= 0.6 is 11.6 Å². The summed E-state index contributed by atoms with van der Waals surface area (Å²) in [5.74, 6) is 1.01. The molecule has 2 N–H and O–H groups in total. The molecule has 5 nitrogen and oxygen atoms in total. The Hall–Kier alpha value is -1.46. The molecule has 1 aliphatic heterocycles. The highest BCUT2D eigenvalue weighted by Gasteiger charge is 2.26. The van der Waals surface area contributed by atoms with Crippen molar-refractivity contribution in [3.63, 3.8) is 0 Å². The molecular weight excluding hydrogens is 304 g/mol. The number of carbonyl (C=O) groups excluding carboxylic acids is 1. The van der Waals surface area contributed by atoms with Crippen LogP contribution in [0.5, 0.6) is 5.75 Å². The van der Waals surface area contributed by atoms with Crippen molar-refractivity contribution in [1.82, 2.24) is 4.90 Å². The van der Waals surface area contributed by atoms with E-state index in [0.717, 1.165) is 18.7 Å². The van der Waals surface area contributed by atoms with Crippen LogP contribution < -0.4 is 10.1 Å². The lowest BCUT2D eigenvalue weighted by atomic mass is 9.96. The molecule has 2 rings (SSSR count). The third kappa shape index (κ3) is 4.27. The van der Waals surface area contributed by atoms with Gasteiger partial charge in [0.1, 0.15) is 5.75 Å². The summed E-state index contributed by atoms with van der Waals surface area (Å²) in [7, 11) is 1.59. The molecule has 0 aromatic heterocycles. The third-order valence-electron chi connectivity index (χ3n) is 4.09. The maximum atomic E-state index is 12.2. The molecule has 0 saturated carbocycles. The van der Waals surface area contributed by atoms with Crippen LogP contribution in [0.2, 0.25) is 5.02 Å². The first-order chi connectivity index (χ1) is 10.5. The second-order valence-corrected chi connectivity index (χ2v) is 6.13. The number of piperidine rings is 1. The number of nitrogens with one attached hydrogen (secondary N) is 1. The van der Waals surface area contributed by atoms with E-state index in [9.17, 15) is 9.90 Å². The number of aliphatic hydroxyl groups excluding tert-OH is 1. The Balaban J connectivity index is 1.83. The highest BCUT2D eigenvalue weighted by atomic mass is 35.5. The Bertz CT molecular complexity index is 524. The number of aliphatic hydroxyl groups is 1. The van der Waals surface area contributed by atoms with Crippen LogP contribution in [-0.2, 0) is 4.79 Å². The maximum Gasteiger partial charge on any atom is 0.224 e. The van der Waals surface area contributed by atoms with Crippen LogP contribution in [0, 0.1) is 5.92 Å². The lowest BCUT2D eigenvalue weighted by Gasteiger charge is -2.34. The number of likely N-dealkylation sites (tertiary alicyclic amines) is 1. The quantitative estimate of drug-likeness (QED) is 0.872. The molecule has 122 valence electrons. The topological polar surface area (TPSA) is 61.8 Å². The lowest BCUT2D eigenvalue weighted by Crippen LogP contribution is -2.46. The van der Waals surface area contributed by atoms with E-state index in [2.05, 4.69) is 5.32 Å². The molecule has 1 aromatic rings. The Morgan fingerprint density at radius 3 is 3.00 bits per heavy atom. The second kappa shape index (κ2) is 7.70. The molecule has 0 bridgehead atoms. The number of nitrogens with zero attached hydrogens (tertiary/aromatic N) is 1. The highest BCUT2D eigenvalue weighted by molar-refractivity contribution is 6.30. The smallest absolute Gasteiger partial charge is 0.224 e. The van der Waals surface area contributed by atoms with Crippen LogP contribution in [0.3, 0.4) is 0 Å². The van der Waals surface area contributed by atoms with Crippen molar-refractivity contribution >= 4 is 23.2 Å². The van der Waals surface area contributed by atoms with Crippen LogP contribution in [-0.4, -0.2) is 48.8 Å². The molecule has 1 aliphatic rings. The molecule has 0 radical (unpaired) electrons. The minimum Gasteiger partial charge on any atom is -0.495 e. The summed E-state index contributed by atoms with van der Waals surface area (Å²) in [5.41, 5.74) is 0.773. The number of carbonyl (C=O) groups is 1. The fourth-order valence-electron chi connectivity index (χ4n) is 2.56. The molecule has 1 aromatic carbocycles. The van der Waals surface area contributed by atoms with Crippen LogP contribution in [0.4, 0.5) is 5.69 Å². The fraction of sp³-hybridized carbons (Fsp3) is 0.562. The van der Waals surface area contributed by atoms with Crippen molar-refractivity contribution in [2.75, 3.05) is 32.1 Å². The average Bonchev–Trinajstić information content (AvgIpc) is 2.50. The van der Waals surface area contributed by atoms with Crippen molar-refractivity contribution in [2.24, 2.45) is 5.92 Å². The normalized spacial score (nSPS) is 21.5. The zero-order valence-electron chi connectivity index (χ0n) is 13.0. The summed E-state index contributed by atoms with van der Waals surface area (Å²) in [6.45, 7) is 3.66.